The molecule has 1 unspecified atom stereocenters. The summed E-state index contributed by atoms with van der Waals surface area (Å²) in [5.41, 5.74) is 9.62. The maximum atomic E-state index is 13.4. The van der Waals surface area contributed by atoms with Gasteiger partial charge in [-0.15, -0.1) is 0 Å². The van der Waals surface area contributed by atoms with Crippen LogP contribution in [-0.4, -0.2) is 21.7 Å². The van der Waals surface area contributed by atoms with Gasteiger partial charge in [0.2, 0.25) is 0 Å². The molecule has 3 aromatic rings. The molecule has 0 spiro atoms. The number of fused-ring (bicyclic) bond motifs is 1. The highest BCUT2D eigenvalue weighted by molar-refractivity contribution is 5.84. The van der Waals surface area contributed by atoms with E-state index in [1.165, 1.54) is 12.1 Å². The number of H-pyrrole nitrogens is 2. The van der Waals surface area contributed by atoms with Gasteiger partial charge < -0.3 is 10.7 Å². The second-order valence-corrected chi connectivity index (χ2v) is 4.70. The van der Waals surface area contributed by atoms with E-state index in [2.05, 4.69) is 15.2 Å². The molecule has 0 saturated carbocycles. The molecule has 2 heterocycles. The lowest BCUT2D eigenvalue weighted by Crippen LogP contribution is -2.14. The molecule has 0 radical (unpaired) electrons. The van der Waals surface area contributed by atoms with Crippen molar-refractivity contribution in [1.82, 2.24) is 15.2 Å². The Kier molecular flexibility index (Phi) is 2.83. The first-order valence-electron chi connectivity index (χ1n) is 6.17. The number of nitrogens with zero attached hydrogens (tertiary/aromatic N) is 1. The number of hydrogen-bond acceptors (Lipinski definition) is 2. The van der Waals surface area contributed by atoms with Crippen LogP contribution in [0.3, 0.4) is 0 Å². The standard InChI is InChI=1S/C14H15FN4/c1-8-4-14(19-18-8)11(6-16)12-7-17-13-3-2-9(15)5-10(12)13/h2-5,7,11,17H,6,16H2,1H3,(H,18,19). The Morgan fingerprint density at radius 1 is 1.37 bits per heavy atom. The largest absolute Gasteiger partial charge is 0.361 e. The maximum Gasteiger partial charge on any atom is 0.123 e. The first kappa shape index (κ1) is 11.9. The number of aromatic amines is 2. The minimum atomic E-state index is -0.248. The Bertz CT molecular complexity index is 713. The third-order valence-corrected chi connectivity index (χ3v) is 3.37. The molecule has 4 nitrogen and oxygen atoms in total. The molecule has 19 heavy (non-hydrogen) atoms. The van der Waals surface area contributed by atoms with Crippen molar-refractivity contribution in [3.05, 3.63) is 53.2 Å². The zero-order valence-corrected chi connectivity index (χ0v) is 10.6. The van der Waals surface area contributed by atoms with Crippen LogP contribution in [0.4, 0.5) is 4.39 Å². The van der Waals surface area contributed by atoms with E-state index in [1.807, 2.05) is 19.2 Å². The highest BCUT2D eigenvalue weighted by Gasteiger charge is 2.19. The van der Waals surface area contributed by atoms with Crippen molar-refractivity contribution in [2.24, 2.45) is 5.73 Å². The second kappa shape index (κ2) is 4.51. The fraction of sp³-hybridized carbons (Fsp3) is 0.214. The Hall–Kier alpha value is -2.14. The number of hydrogen-bond donors (Lipinski definition) is 3. The Morgan fingerprint density at radius 2 is 2.21 bits per heavy atom. The van der Waals surface area contributed by atoms with Gasteiger partial charge in [-0.25, -0.2) is 4.39 Å². The fourth-order valence-electron chi connectivity index (χ4n) is 2.43. The molecule has 0 fully saturated rings. The normalized spacial score (nSPS) is 13.0. The van der Waals surface area contributed by atoms with E-state index in [4.69, 9.17) is 5.73 Å². The van der Waals surface area contributed by atoms with Crippen molar-refractivity contribution >= 4 is 10.9 Å². The van der Waals surface area contributed by atoms with Gasteiger partial charge >= 0.3 is 0 Å². The van der Waals surface area contributed by atoms with Gasteiger partial charge in [0.05, 0.1) is 5.69 Å². The van der Waals surface area contributed by atoms with E-state index < -0.39 is 0 Å². The van der Waals surface area contributed by atoms with E-state index in [0.717, 1.165) is 27.9 Å². The molecule has 0 aliphatic heterocycles. The molecule has 98 valence electrons. The molecule has 0 aliphatic rings. The minimum Gasteiger partial charge on any atom is -0.361 e. The average Bonchev–Trinajstić information content (AvgIpc) is 2.98. The molecule has 2 aromatic heterocycles. The summed E-state index contributed by atoms with van der Waals surface area (Å²) >= 11 is 0. The van der Waals surface area contributed by atoms with Crippen molar-refractivity contribution in [1.29, 1.82) is 0 Å². The molecular formula is C14H15FN4. The van der Waals surface area contributed by atoms with E-state index >= 15 is 0 Å². The molecule has 3 rings (SSSR count). The van der Waals surface area contributed by atoms with Crippen LogP contribution in [0.15, 0.2) is 30.5 Å². The molecule has 1 aromatic carbocycles. The predicted octanol–water partition coefficient (Wildman–Crippen LogP) is 2.43. The van der Waals surface area contributed by atoms with Crippen molar-refractivity contribution in [2.45, 2.75) is 12.8 Å². The highest BCUT2D eigenvalue weighted by Crippen LogP contribution is 2.29. The second-order valence-electron chi connectivity index (χ2n) is 4.70. The first-order valence-corrected chi connectivity index (χ1v) is 6.17. The third-order valence-electron chi connectivity index (χ3n) is 3.37. The van der Waals surface area contributed by atoms with Crippen molar-refractivity contribution in [3.8, 4) is 0 Å². The van der Waals surface area contributed by atoms with E-state index in [1.54, 1.807) is 6.07 Å². The van der Waals surface area contributed by atoms with E-state index in [-0.39, 0.29) is 11.7 Å². The monoisotopic (exact) mass is 258 g/mol. The summed E-state index contributed by atoms with van der Waals surface area (Å²) in [6, 6.07) is 6.68. The van der Waals surface area contributed by atoms with Crippen LogP contribution in [-0.2, 0) is 0 Å². The third kappa shape index (κ3) is 2.02. The number of nitrogens with two attached hydrogens (primary N) is 1. The van der Waals surface area contributed by atoms with Crippen LogP contribution in [0.5, 0.6) is 0 Å². The minimum absolute atomic E-state index is 0.0412. The number of benzene rings is 1. The van der Waals surface area contributed by atoms with Crippen molar-refractivity contribution in [3.63, 3.8) is 0 Å². The molecule has 4 N–H and O–H groups in total. The fourth-order valence-corrected chi connectivity index (χ4v) is 2.43. The summed E-state index contributed by atoms with van der Waals surface area (Å²) in [5, 5.41) is 8.03. The lowest BCUT2D eigenvalue weighted by atomic mass is 9.95. The summed E-state index contributed by atoms with van der Waals surface area (Å²) in [5.74, 6) is -0.289. The Balaban J connectivity index is 2.13. The lowest BCUT2D eigenvalue weighted by molar-refractivity contribution is 0.629. The van der Waals surface area contributed by atoms with Gasteiger partial charge in [-0.1, -0.05) is 0 Å². The smallest absolute Gasteiger partial charge is 0.123 e. The van der Waals surface area contributed by atoms with Gasteiger partial charge in [0.25, 0.3) is 0 Å². The number of aromatic nitrogens is 3. The van der Waals surface area contributed by atoms with Crippen LogP contribution in [0.1, 0.15) is 22.9 Å². The molecule has 5 heteroatoms. The topological polar surface area (TPSA) is 70.5 Å². The van der Waals surface area contributed by atoms with Gasteiger partial charge in [-0.2, -0.15) is 5.10 Å². The average molecular weight is 258 g/mol. The number of nitrogens with one attached hydrogen (secondary N) is 2. The summed E-state index contributed by atoms with van der Waals surface area (Å²) in [7, 11) is 0. The summed E-state index contributed by atoms with van der Waals surface area (Å²) in [6.07, 6.45) is 1.88. The van der Waals surface area contributed by atoms with Crippen LogP contribution >= 0.6 is 0 Å². The quantitative estimate of drug-likeness (QED) is 0.675. The zero-order valence-electron chi connectivity index (χ0n) is 10.6. The summed E-state index contributed by atoms with van der Waals surface area (Å²) < 4.78 is 13.4. The van der Waals surface area contributed by atoms with Gasteiger partial charge in [-0.05, 0) is 36.8 Å². The predicted molar refractivity (Wildman–Crippen MR) is 72.5 cm³/mol. The maximum absolute atomic E-state index is 13.4. The molecule has 0 aliphatic carbocycles. The Labute approximate surface area is 109 Å². The van der Waals surface area contributed by atoms with E-state index in [0.29, 0.717) is 6.54 Å². The van der Waals surface area contributed by atoms with Crippen LogP contribution < -0.4 is 5.73 Å². The van der Waals surface area contributed by atoms with Gasteiger partial charge in [-0.3, -0.25) is 5.10 Å². The highest BCUT2D eigenvalue weighted by atomic mass is 19.1. The van der Waals surface area contributed by atoms with Gasteiger partial charge in [0.15, 0.2) is 0 Å². The number of rotatable bonds is 3. The first-order chi connectivity index (χ1) is 9.19. The van der Waals surface area contributed by atoms with Gasteiger partial charge in [0, 0.05) is 35.3 Å². The molecule has 0 saturated heterocycles. The van der Waals surface area contributed by atoms with Crippen molar-refractivity contribution < 1.29 is 4.39 Å². The molecule has 0 bridgehead atoms. The van der Waals surface area contributed by atoms with Crippen molar-refractivity contribution in [2.75, 3.05) is 6.54 Å². The molecular weight excluding hydrogens is 243 g/mol. The number of aryl methyl sites for hydroxylation is 1. The van der Waals surface area contributed by atoms with Crippen LogP contribution in [0.25, 0.3) is 10.9 Å². The molecule has 1 atom stereocenters. The summed E-state index contributed by atoms with van der Waals surface area (Å²) in [4.78, 5) is 3.15. The van der Waals surface area contributed by atoms with Crippen LogP contribution in [0.2, 0.25) is 0 Å². The SMILES string of the molecule is Cc1cc(C(CN)c2c[nH]c3ccc(F)cc23)n[nH]1. The molecule has 0 amide bonds. The summed E-state index contributed by atoms with van der Waals surface area (Å²) in [6.45, 7) is 2.37. The van der Waals surface area contributed by atoms with Crippen LogP contribution in [0, 0.1) is 12.7 Å². The van der Waals surface area contributed by atoms with E-state index in [9.17, 15) is 4.39 Å². The zero-order chi connectivity index (χ0) is 13.4. The number of halogens is 1. The van der Waals surface area contributed by atoms with Gasteiger partial charge in [0.1, 0.15) is 5.82 Å². The Morgan fingerprint density at radius 3 is 2.89 bits per heavy atom. The lowest BCUT2D eigenvalue weighted by Gasteiger charge is -2.11.